The summed E-state index contributed by atoms with van der Waals surface area (Å²) in [4.78, 5) is 1.47. The van der Waals surface area contributed by atoms with Gasteiger partial charge in [0.1, 0.15) is 10.8 Å². The molecule has 0 saturated heterocycles. The Morgan fingerprint density at radius 1 is 1.31 bits per heavy atom. The largest absolute Gasteiger partial charge is 0.325 e. The van der Waals surface area contributed by atoms with Crippen molar-refractivity contribution in [2.45, 2.75) is 0 Å². The molecule has 0 aliphatic heterocycles. The summed E-state index contributed by atoms with van der Waals surface area (Å²) in [5, 5.41) is 5.97. The van der Waals surface area contributed by atoms with Crippen LogP contribution in [0.3, 0.4) is 0 Å². The van der Waals surface area contributed by atoms with Crippen LogP contribution in [0.2, 0.25) is 5.02 Å². The molecule has 0 unspecified atom stereocenters. The number of benzene rings is 1. The van der Waals surface area contributed by atoms with Gasteiger partial charge in [-0.2, -0.15) is 5.10 Å². The van der Waals surface area contributed by atoms with Crippen molar-refractivity contribution in [3.63, 3.8) is 0 Å². The molecule has 3 nitrogen and oxygen atoms in total. The number of anilines is 2. The minimum absolute atomic E-state index is 0.165. The number of H-pyrrole nitrogens is 1. The predicted molar refractivity (Wildman–Crippen MR) is 58.0 cm³/mol. The molecule has 2 aromatic rings. The van der Waals surface area contributed by atoms with E-state index < -0.39 is 16.7 Å². The van der Waals surface area contributed by atoms with Crippen molar-refractivity contribution >= 4 is 23.1 Å². The SMILES string of the molecule is CN(c1cc[nH]n1)c1ccc(F)c(Cl)c1F. The molecule has 0 aliphatic rings. The van der Waals surface area contributed by atoms with E-state index in [0.29, 0.717) is 5.82 Å². The van der Waals surface area contributed by atoms with Crippen molar-refractivity contribution in [3.05, 3.63) is 41.1 Å². The first-order chi connectivity index (χ1) is 7.61. The van der Waals surface area contributed by atoms with Gasteiger partial charge in [0.2, 0.25) is 0 Å². The molecule has 1 N–H and O–H groups in total. The highest BCUT2D eigenvalue weighted by Crippen LogP contribution is 2.30. The van der Waals surface area contributed by atoms with Crippen LogP contribution in [0.4, 0.5) is 20.3 Å². The van der Waals surface area contributed by atoms with Crippen LogP contribution >= 0.6 is 11.6 Å². The summed E-state index contributed by atoms with van der Waals surface area (Å²) in [5.41, 5.74) is 0.165. The number of rotatable bonds is 2. The average molecular weight is 244 g/mol. The molecule has 0 atom stereocenters. The van der Waals surface area contributed by atoms with E-state index in [1.165, 1.54) is 11.0 Å². The number of halogens is 3. The van der Waals surface area contributed by atoms with Gasteiger partial charge in [-0.25, -0.2) is 8.78 Å². The summed E-state index contributed by atoms with van der Waals surface area (Å²) in [6, 6.07) is 4.09. The van der Waals surface area contributed by atoms with Crippen LogP contribution in [0.25, 0.3) is 0 Å². The molecule has 0 amide bonds. The van der Waals surface area contributed by atoms with Crippen LogP contribution < -0.4 is 4.90 Å². The minimum atomic E-state index is -0.799. The van der Waals surface area contributed by atoms with Gasteiger partial charge in [-0.05, 0) is 12.1 Å². The lowest BCUT2D eigenvalue weighted by molar-refractivity contribution is 0.584. The van der Waals surface area contributed by atoms with Crippen LogP contribution in [-0.2, 0) is 0 Å². The standard InChI is InChI=1S/C10H8ClF2N3/c1-16(8-4-5-14-15-8)7-3-2-6(12)9(11)10(7)13/h2-5H,1H3,(H,14,15). The van der Waals surface area contributed by atoms with E-state index in [0.717, 1.165) is 6.07 Å². The quantitative estimate of drug-likeness (QED) is 0.822. The maximum absolute atomic E-state index is 13.7. The van der Waals surface area contributed by atoms with Crippen molar-refractivity contribution in [2.24, 2.45) is 0 Å². The van der Waals surface area contributed by atoms with E-state index in [-0.39, 0.29) is 5.69 Å². The molecule has 0 fully saturated rings. The van der Waals surface area contributed by atoms with Crippen LogP contribution in [0.1, 0.15) is 0 Å². The van der Waals surface area contributed by atoms with Gasteiger partial charge in [-0.1, -0.05) is 11.6 Å². The first-order valence-electron chi connectivity index (χ1n) is 4.48. The fourth-order valence-corrected chi connectivity index (χ4v) is 1.50. The van der Waals surface area contributed by atoms with E-state index >= 15 is 0 Å². The number of aromatic nitrogens is 2. The van der Waals surface area contributed by atoms with Crippen molar-refractivity contribution in [1.29, 1.82) is 0 Å². The van der Waals surface area contributed by atoms with Crippen LogP contribution in [-0.4, -0.2) is 17.2 Å². The van der Waals surface area contributed by atoms with Crippen molar-refractivity contribution in [1.82, 2.24) is 10.2 Å². The molecule has 84 valence electrons. The third kappa shape index (κ3) is 1.74. The molecular formula is C10H8ClF2N3. The summed E-state index contributed by atoms with van der Waals surface area (Å²) in [7, 11) is 1.61. The zero-order valence-electron chi connectivity index (χ0n) is 8.34. The third-order valence-corrected chi connectivity index (χ3v) is 2.55. The second-order valence-corrected chi connectivity index (χ2v) is 3.56. The highest BCUT2D eigenvalue weighted by molar-refractivity contribution is 6.31. The summed E-state index contributed by atoms with van der Waals surface area (Å²) in [6.07, 6.45) is 1.61. The van der Waals surface area contributed by atoms with Gasteiger partial charge in [-0.3, -0.25) is 5.10 Å². The number of nitrogens with one attached hydrogen (secondary N) is 1. The second kappa shape index (κ2) is 4.09. The number of aromatic amines is 1. The van der Waals surface area contributed by atoms with Gasteiger partial charge in [-0.15, -0.1) is 0 Å². The maximum atomic E-state index is 13.7. The Morgan fingerprint density at radius 3 is 2.69 bits per heavy atom. The molecule has 0 bridgehead atoms. The first kappa shape index (κ1) is 10.9. The summed E-state index contributed by atoms with van der Waals surface area (Å²) in [6.45, 7) is 0. The normalized spacial score (nSPS) is 10.5. The summed E-state index contributed by atoms with van der Waals surface area (Å²) in [5.74, 6) is -1.06. The number of hydrogen-bond donors (Lipinski definition) is 1. The highest BCUT2D eigenvalue weighted by Gasteiger charge is 2.16. The van der Waals surface area contributed by atoms with Crippen LogP contribution in [0, 0.1) is 11.6 Å². The van der Waals surface area contributed by atoms with E-state index in [9.17, 15) is 8.78 Å². The fourth-order valence-electron chi connectivity index (χ4n) is 1.34. The van der Waals surface area contributed by atoms with Gasteiger partial charge in [0.15, 0.2) is 11.6 Å². The second-order valence-electron chi connectivity index (χ2n) is 3.19. The number of hydrogen-bond acceptors (Lipinski definition) is 2. The van der Waals surface area contributed by atoms with E-state index in [1.807, 2.05) is 0 Å². The zero-order chi connectivity index (χ0) is 11.7. The third-order valence-electron chi connectivity index (χ3n) is 2.21. The molecule has 1 heterocycles. The molecule has 0 saturated carbocycles. The Bertz CT molecular complexity index is 499. The lowest BCUT2D eigenvalue weighted by atomic mass is 10.2. The number of nitrogens with zero attached hydrogens (tertiary/aromatic N) is 2. The van der Waals surface area contributed by atoms with Crippen LogP contribution in [0.15, 0.2) is 24.4 Å². The van der Waals surface area contributed by atoms with Crippen LogP contribution in [0.5, 0.6) is 0 Å². The summed E-state index contributed by atoms with van der Waals surface area (Å²) >= 11 is 5.48. The smallest absolute Gasteiger partial charge is 0.168 e. The molecule has 0 spiro atoms. The van der Waals surface area contributed by atoms with Gasteiger partial charge in [0.05, 0.1) is 5.69 Å². The van der Waals surface area contributed by atoms with Gasteiger partial charge < -0.3 is 4.90 Å². The van der Waals surface area contributed by atoms with Crippen molar-refractivity contribution in [2.75, 3.05) is 11.9 Å². The molecule has 0 aliphatic carbocycles. The van der Waals surface area contributed by atoms with E-state index in [2.05, 4.69) is 10.2 Å². The lowest BCUT2D eigenvalue weighted by Crippen LogP contribution is -2.12. The predicted octanol–water partition coefficient (Wildman–Crippen LogP) is 3.11. The van der Waals surface area contributed by atoms with Crippen molar-refractivity contribution < 1.29 is 8.78 Å². The molecule has 0 radical (unpaired) electrons. The fraction of sp³-hybridized carbons (Fsp3) is 0.100. The minimum Gasteiger partial charge on any atom is -0.325 e. The maximum Gasteiger partial charge on any atom is 0.168 e. The zero-order valence-corrected chi connectivity index (χ0v) is 9.09. The molecule has 1 aromatic heterocycles. The Labute approximate surface area is 95.6 Å². The topological polar surface area (TPSA) is 31.9 Å². The summed E-state index contributed by atoms with van der Waals surface area (Å²) < 4.78 is 26.6. The van der Waals surface area contributed by atoms with Gasteiger partial charge in [0, 0.05) is 19.3 Å². The average Bonchev–Trinajstić information content (AvgIpc) is 2.79. The molecule has 16 heavy (non-hydrogen) atoms. The van der Waals surface area contributed by atoms with Gasteiger partial charge >= 0.3 is 0 Å². The molecular weight excluding hydrogens is 236 g/mol. The van der Waals surface area contributed by atoms with E-state index in [1.54, 1.807) is 19.3 Å². The Hall–Kier alpha value is -1.62. The molecule has 6 heteroatoms. The molecule has 1 aromatic carbocycles. The monoisotopic (exact) mass is 243 g/mol. The van der Waals surface area contributed by atoms with Crippen molar-refractivity contribution in [3.8, 4) is 0 Å². The first-order valence-corrected chi connectivity index (χ1v) is 4.86. The highest BCUT2D eigenvalue weighted by atomic mass is 35.5. The Morgan fingerprint density at radius 2 is 2.06 bits per heavy atom. The Balaban J connectivity index is 2.45. The molecule has 2 rings (SSSR count). The Kier molecular flexibility index (Phi) is 2.78. The lowest BCUT2D eigenvalue weighted by Gasteiger charge is -2.17. The van der Waals surface area contributed by atoms with E-state index in [4.69, 9.17) is 11.6 Å². The van der Waals surface area contributed by atoms with Gasteiger partial charge in [0.25, 0.3) is 0 Å².